The van der Waals surface area contributed by atoms with Crippen LogP contribution in [0.2, 0.25) is 0 Å². The molecule has 0 N–H and O–H groups in total. The van der Waals surface area contributed by atoms with E-state index in [-0.39, 0.29) is 5.91 Å². The Bertz CT molecular complexity index is 554. The number of aromatic nitrogens is 1. The van der Waals surface area contributed by atoms with E-state index in [1.54, 1.807) is 12.4 Å². The van der Waals surface area contributed by atoms with Gasteiger partial charge in [-0.2, -0.15) is 0 Å². The highest BCUT2D eigenvalue weighted by Gasteiger charge is 2.16. The molecule has 0 fully saturated rings. The lowest BCUT2D eigenvalue weighted by molar-refractivity contribution is 0.0757. The summed E-state index contributed by atoms with van der Waals surface area (Å²) in [5.74, 6) is 0.0907. The SMILES string of the molecule is CCCN(CCC)C(=O)c1cncc2ccccc12. The van der Waals surface area contributed by atoms with Gasteiger partial charge in [-0.05, 0) is 18.2 Å². The quantitative estimate of drug-likeness (QED) is 0.820. The van der Waals surface area contributed by atoms with Gasteiger partial charge in [-0.25, -0.2) is 0 Å². The molecule has 0 aliphatic carbocycles. The minimum absolute atomic E-state index is 0.0907. The van der Waals surface area contributed by atoms with Crippen molar-refractivity contribution >= 4 is 16.7 Å². The van der Waals surface area contributed by atoms with E-state index in [1.807, 2.05) is 29.2 Å². The lowest BCUT2D eigenvalue weighted by Crippen LogP contribution is -2.32. The van der Waals surface area contributed by atoms with E-state index in [2.05, 4.69) is 18.8 Å². The molecule has 3 nitrogen and oxygen atoms in total. The Hall–Kier alpha value is -1.90. The number of hydrogen-bond donors (Lipinski definition) is 0. The second-order valence-corrected chi connectivity index (χ2v) is 4.70. The fourth-order valence-corrected chi connectivity index (χ4v) is 2.31. The van der Waals surface area contributed by atoms with E-state index in [9.17, 15) is 4.79 Å². The smallest absolute Gasteiger partial charge is 0.256 e. The minimum atomic E-state index is 0.0907. The first kappa shape index (κ1) is 13.5. The lowest BCUT2D eigenvalue weighted by atomic mass is 10.1. The fraction of sp³-hybridized carbons (Fsp3) is 0.375. The molecular weight excluding hydrogens is 236 g/mol. The monoisotopic (exact) mass is 256 g/mol. The average molecular weight is 256 g/mol. The first-order valence-corrected chi connectivity index (χ1v) is 6.90. The summed E-state index contributed by atoms with van der Waals surface area (Å²) in [6.07, 6.45) is 5.44. The molecule has 19 heavy (non-hydrogen) atoms. The van der Waals surface area contributed by atoms with Crippen LogP contribution in [0.4, 0.5) is 0 Å². The van der Waals surface area contributed by atoms with E-state index in [4.69, 9.17) is 0 Å². The molecule has 0 spiro atoms. The number of fused-ring (bicyclic) bond motifs is 1. The van der Waals surface area contributed by atoms with Gasteiger partial charge in [-0.15, -0.1) is 0 Å². The Morgan fingerprint density at radius 2 is 1.79 bits per heavy atom. The normalized spacial score (nSPS) is 10.6. The van der Waals surface area contributed by atoms with Crippen molar-refractivity contribution in [1.29, 1.82) is 0 Å². The van der Waals surface area contributed by atoms with Crippen LogP contribution in [0, 0.1) is 0 Å². The number of rotatable bonds is 5. The topological polar surface area (TPSA) is 33.2 Å². The third-order valence-electron chi connectivity index (χ3n) is 3.17. The van der Waals surface area contributed by atoms with Gasteiger partial charge in [0.05, 0.1) is 5.56 Å². The maximum atomic E-state index is 12.6. The summed E-state index contributed by atoms with van der Waals surface area (Å²) in [6, 6.07) is 7.90. The number of pyridine rings is 1. The highest BCUT2D eigenvalue weighted by molar-refractivity contribution is 6.06. The van der Waals surface area contributed by atoms with Crippen LogP contribution in [0.1, 0.15) is 37.0 Å². The molecule has 1 aromatic carbocycles. The van der Waals surface area contributed by atoms with Gasteiger partial charge in [-0.1, -0.05) is 38.1 Å². The number of carbonyl (C=O) groups is 1. The van der Waals surface area contributed by atoms with Crippen molar-refractivity contribution in [2.45, 2.75) is 26.7 Å². The van der Waals surface area contributed by atoms with E-state index in [0.717, 1.165) is 36.7 Å². The van der Waals surface area contributed by atoms with Gasteiger partial charge in [0.15, 0.2) is 0 Å². The van der Waals surface area contributed by atoms with Gasteiger partial charge < -0.3 is 4.90 Å². The van der Waals surface area contributed by atoms with Crippen LogP contribution in [-0.4, -0.2) is 28.9 Å². The first-order valence-electron chi connectivity index (χ1n) is 6.90. The summed E-state index contributed by atoms with van der Waals surface area (Å²) in [4.78, 5) is 18.7. The molecule has 0 bridgehead atoms. The van der Waals surface area contributed by atoms with Crippen LogP contribution in [0.15, 0.2) is 36.7 Å². The van der Waals surface area contributed by atoms with E-state index in [1.165, 1.54) is 0 Å². The molecule has 0 aliphatic heterocycles. The zero-order valence-electron chi connectivity index (χ0n) is 11.6. The number of benzene rings is 1. The lowest BCUT2D eigenvalue weighted by Gasteiger charge is -2.22. The third-order valence-corrected chi connectivity index (χ3v) is 3.17. The summed E-state index contributed by atoms with van der Waals surface area (Å²) in [5, 5.41) is 2.00. The van der Waals surface area contributed by atoms with E-state index < -0.39 is 0 Å². The van der Waals surface area contributed by atoms with E-state index >= 15 is 0 Å². The van der Waals surface area contributed by atoms with Gasteiger partial charge in [0.1, 0.15) is 0 Å². The van der Waals surface area contributed by atoms with Gasteiger partial charge >= 0.3 is 0 Å². The Morgan fingerprint density at radius 3 is 2.47 bits per heavy atom. The van der Waals surface area contributed by atoms with Crippen LogP contribution in [0.5, 0.6) is 0 Å². The van der Waals surface area contributed by atoms with Crippen molar-refractivity contribution in [3.8, 4) is 0 Å². The molecule has 0 radical (unpaired) electrons. The predicted molar refractivity (Wildman–Crippen MR) is 78.2 cm³/mol. The van der Waals surface area contributed by atoms with Crippen molar-refractivity contribution in [2.75, 3.05) is 13.1 Å². The summed E-state index contributed by atoms with van der Waals surface area (Å²) in [7, 11) is 0. The van der Waals surface area contributed by atoms with Crippen molar-refractivity contribution in [2.24, 2.45) is 0 Å². The maximum absolute atomic E-state index is 12.6. The van der Waals surface area contributed by atoms with Gasteiger partial charge in [0.2, 0.25) is 0 Å². The summed E-state index contributed by atoms with van der Waals surface area (Å²) in [6.45, 7) is 5.79. The molecule has 1 aromatic heterocycles. The van der Waals surface area contributed by atoms with Gasteiger partial charge in [0, 0.05) is 30.9 Å². The molecule has 0 aliphatic rings. The minimum Gasteiger partial charge on any atom is -0.339 e. The highest BCUT2D eigenvalue weighted by atomic mass is 16.2. The largest absolute Gasteiger partial charge is 0.339 e. The van der Waals surface area contributed by atoms with E-state index in [0.29, 0.717) is 5.56 Å². The number of nitrogens with zero attached hydrogens (tertiary/aromatic N) is 2. The molecule has 2 aromatic rings. The average Bonchev–Trinajstić information content (AvgIpc) is 2.46. The molecule has 1 heterocycles. The zero-order chi connectivity index (χ0) is 13.7. The highest BCUT2D eigenvalue weighted by Crippen LogP contribution is 2.18. The van der Waals surface area contributed by atoms with Gasteiger partial charge in [0.25, 0.3) is 5.91 Å². The molecule has 0 atom stereocenters. The van der Waals surface area contributed by atoms with Crippen LogP contribution in [0.25, 0.3) is 10.8 Å². The van der Waals surface area contributed by atoms with Crippen LogP contribution >= 0.6 is 0 Å². The number of amides is 1. The third kappa shape index (κ3) is 2.92. The fourth-order valence-electron chi connectivity index (χ4n) is 2.31. The second-order valence-electron chi connectivity index (χ2n) is 4.70. The molecule has 0 unspecified atom stereocenters. The Morgan fingerprint density at radius 1 is 1.11 bits per heavy atom. The van der Waals surface area contributed by atoms with Crippen LogP contribution in [-0.2, 0) is 0 Å². The Labute approximate surface area is 114 Å². The summed E-state index contributed by atoms with van der Waals surface area (Å²) in [5.41, 5.74) is 0.708. The summed E-state index contributed by atoms with van der Waals surface area (Å²) < 4.78 is 0. The summed E-state index contributed by atoms with van der Waals surface area (Å²) >= 11 is 0. The van der Waals surface area contributed by atoms with Crippen molar-refractivity contribution in [3.05, 3.63) is 42.2 Å². The number of hydrogen-bond acceptors (Lipinski definition) is 2. The van der Waals surface area contributed by atoms with Crippen molar-refractivity contribution in [1.82, 2.24) is 9.88 Å². The van der Waals surface area contributed by atoms with Crippen molar-refractivity contribution < 1.29 is 4.79 Å². The Kier molecular flexibility index (Phi) is 4.50. The maximum Gasteiger partial charge on any atom is 0.256 e. The van der Waals surface area contributed by atoms with Gasteiger partial charge in [-0.3, -0.25) is 9.78 Å². The number of carbonyl (C=O) groups excluding carboxylic acids is 1. The zero-order valence-corrected chi connectivity index (χ0v) is 11.6. The molecule has 0 saturated carbocycles. The molecule has 100 valence electrons. The van der Waals surface area contributed by atoms with Crippen molar-refractivity contribution in [3.63, 3.8) is 0 Å². The first-order chi connectivity index (χ1) is 9.27. The molecular formula is C16H20N2O. The standard InChI is InChI=1S/C16H20N2O/c1-3-9-18(10-4-2)16(19)15-12-17-11-13-7-5-6-8-14(13)15/h5-8,11-12H,3-4,9-10H2,1-2H3. The molecule has 1 amide bonds. The van der Waals surface area contributed by atoms with Crippen LogP contribution < -0.4 is 0 Å². The van der Waals surface area contributed by atoms with Crippen LogP contribution in [0.3, 0.4) is 0 Å². The molecule has 2 rings (SSSR count). The second kappa shape index (κ2) is 6.32. The molecule has 3 heteroatoms. The Balaban J connectivity index is 2.39. The molecule has 0 saturated heterocycles. The predicted octanol–water partition coefficient (Wildman–Crippen LogP) is 3.50.